The number of aliphatic imine (C=N–C) groups is 1. The lowest BCUT2D eigenvalue weighted by atomic mass is 9.91. The van der Waals surface area contributed by atoms with Crippen LogP contribution in [0.25, 0.3) is 0 Å². The van der Waals surface area contributed by atoms with Gasteiger partial charge in [-0.3, -0.25) is 10.1 Å². The van der Waals surface area contributed by atoms with Crippen molar-refractivity contribution in [1.82, 2.24) is 21.0 Å². The molecular weight excluding hydrogens is 300 g/mol. The van der Waals surface area contributed by atoms with Crippen LogP contribution >= 0.6 is 0 Å². The van der Waals surface area contributed by atoms with Gasteiger partial charge in [-0.05, 0) is 26.7 Å². The molecule has 1 aliphatic heterocycles. The molecule has 9 nitrogen and oxygen atoms in total. The Morgan fingerprint density at radius 2 is 2.26 bits per heavy atom. The molecule has 0 radical (unpaired) electrons. The average Bonchev–Trinajstić information content (AvgIpc) is 2.96. The number of aromatic nitrogens is 2. The standard InChI is InChI=1S/C14H16N6O3/c1-7-17-12-10(8(6-22-12)11(15)21)14(18-7,9-5-16-20-23-9)19-13(2)3-4-13/h5-6,19H,3-4H2,1-2H3,(H2,15,21)(H,17,18). The maximum absolute atomic E-state index is 11.9. The second-order valence-electron chi connectivity index (χ2n) is 6.23. The van der Waals surface area contributed by atoms with E-state index >= 15 is 0 Å². The van der Waals surface area contributed by atoms with Crippen LogP contribution in [0.3, 0.4) is 0 Å². The molecule has 2 aliphatic rings. The highest BCUT2D eigenvalue weighted by molar-refractivity contribution is 5.97. The first-order chi connectivity index (χ1) is 10.9. The largest absolute Gasteiger partial charge is 0.445 e. The summed E-state index contributed by atoms with van der Waals surface area (Å²) in [5.41, 5.74) is 5.05. The fraction of sp³-hybridized carbons (Fsp3) is 0.429. The van der Waals surface area contributed by atoms with Crippen molar-refractivity contribution in [2.24, 2.45) is 10.7 Å². The molecule has 4 rings (SSSR count). The molecule has 1 aliphatic carbocycles. The van der Waals surface area contributed by atoms with Gasteiger partial charge in [-0.25, -0.2) is 4.99 Å². The number of furan rings is 1. The Balaban J connectivity index is 1.98. The van der Waals surface area contributed by atoms with Crippen molar-refractivity contribution in [2.75, 3.05) is 0 Å². The topological polar surface area (TPSA) is 132 Å². The number of carbonyl (C=O) groups excluding carboxylic acids is 1. The van der Waals surface area contributed by atoms with Gasteiger partial charge in [-0.1, -0.05) is 0 Å². The first-order valence-corrected chi connectivity index (χ1v) is 7.26. The second kappa shape index (κ2) is 4.42. The van der Waals surface area contributed by atoms with Crippen molar-refractivity contribution in [3.63, 3.8) is 0 Å². The second-order valence-corrected chi connectivity index (χ2v) is 6.23. The zero-order valence-corrected chi connectivity index (χ0v) is 12.7. The van der Waals surface area contributed by atoms with E-state index in [9.17, 15) is 4.79 Å². The summed E-state index contributed by atoms with van der Waals surface area (Å²) in [7, 11) is 0. The summed E-state index contributed by atoms with van der Waals surface area (Å²) in [5.74, 6) is 0.718. The highest BCUT2D eigenvalue weighted by atomic mass is 16.5. The summed E-state index contributed by atoms with van der Waals surface area (Å²) in [5, 5.41) is 14.1. The molecule has 0 spiro atoms. The van der Waals surface area contributed by atoms with Gasteiger partial charge >= 0.3 is 0 Å². The van der Waals surface area contributed by atoms with Crippen molar-refractivity contribution >= 4 is 17.6 Å². The van der Waals surface area contributed by atoms with Crippen molar-refractivity contribution in [1.29, 1.82) is 0 Å². The molecule has 1 fully saturated rings. The predicted molar refractivity (Wildman–Crippen MR) is 79.0 cm³/mol. The molecule has 2 aromatic rings. The van der Waals surface area contributed by atoms with E-state index in [1.165, 1.54) is 12.5 Å². The molecule has 1 unspecified atom stereocenters. The molecule has 1 atom stereocenters. The summed E-state index contributed by atoms with van der Waals surface area (Å²) in [6, 6.07) is 0. The van der Waals surface area contributed by atoms with Gasteiger partial charge < -0.3 is 20.0 Å². The number of amides is 1. The number of primary amides is 1. The van der Waals surface area contributed by atoms with Gasteiger partial charge in [0.2, 0.25) is 11.6 Å². The molecule has 23 heavy (non-hydrogen) atoms. The lowest BCUT2D eigenvalue weighted by molar-refractivity contribution is 0.0995. The van der Waals surface area contributed by atoms with Gasteiger partial charge in [0.25, 0.3) is 5.91 Å². The number of nitrogens with zero attached hydrogens (tertiary/aromatic N) is 3. The Morgan fingerprint density at radius 1 is 1.48 bits per heavy atom. The van der Waals surface area contributed by atoms with Crippen LogP contribution in [0.15, 0.2) is 26.4 Å². The van der Waals surface area contributed by atoms with E-state index in [1.807, 2.05) is 0 Å². The Morgan fingerprint density at radius 3 is 2.87 bits per heavy atom. The van der Waals surface area contributed by atoms with Gasteiger partial charge in [-0.15, -0.1) is 5.10 Å². The van der Waals surface area contributed by atoms with E-state index in [0.717, 1.165) is 12.8 Å². The van der Waals surface area contributed by atoms with E-state index in [-0.39, 0.29) is 11.1 Å². The number of carbonyl (C=O) groups is 1. The molecule has 1 amide bonds. The fourth-order valence-corrected chi connectivity index (χ4v) is 2.93. The molecule has 4 N–H and O–H groups in total. The van der Waals surface area contributed by atoms with E-state index in [1.54, 1.807) is 6.92 Å². The highest BCUT2D eigenvalue weighted by Crippen LogP contribution is 2.45. The van der Waals surface area contributed by atoms with Crippen molar-refractivity contribution in [2.45, 2.75) is 37.9 Å². The van der Waals surface area contributed by atoms with Crippen molar-refractivity contribution in [3.05, 3.63) is 29.3 Å². The first-order valence-electron chi connectivity index (χ1n) is 7.26. The van der Waals surface area contributed by atoms with Gasteiger partial charge in [0.15, 0.2) is 5.66 Å². The minimum Gasteiger partial charge on any atom is -0.445 e. The third-order valence-electron chi connectivity index (χ3n) is 4.27. The minimum absolute atomic E-state index is 0.110. The Kier molecular flexibility index (Phi) is 2.68. The summed E-state index contributed by atoms with van der Waals surface area (Å²) in [6.07, 6.45) is 4.79. The van der Waals surface area contributed by atoms with Crippen LogP contribution in [0.2, 0.25) is 0 Å². The van der Waals surface area contributed by atoms with Gasteiger partial charge in [0, 0.05) is 10.8 Å². The van der Waals surface area contributed by atoms with Crippen LogP contribution in [-0.4, -0.2) is 27.7 Å². The summed E-state index contributed by atoms with van der Waals surface area (Å²) >= 11 is 0. The molecule has 0 bridgehead atoms. The molecule has 2 aromatic heterocycles. The van der Waals surface area contributed by atoms with E-state index in [0.29, 0.717) is 23.0 Å². The van der Waals surface area contributed by atoms with E-state index in [4.69, 9.17) is 14.7 Å². The number of fused-ring (bicyclic) bond motifs is 1. The van der Waals surface area contributed by atoms with E-state index < -0.39 is 11.6 Å². The SMILES string of the molecule is CC1=Nc2occ(C(N)=O)c2C(NC2(C)CC2)(c2cnno2)N1. The molecule has 1 saturated carbocycles. The third kappa shape index (κ3) is 2.04. The molecular formula is C14H16N6O3. The minimum atomic E-state index is -1.06. The van der Waals surface area contributed by atoms with E-state index in [2.05, 4.69) is 32.9 Å². The fourth-order valence-electron chi connectivity index (χ4n) is 2.93. The molecule has 0 saturated heterocycles. The van der Waals surface area contributed by atoms with Crippen LogP contribution in [0.1, 0.15) is 48.4 Å². The van der Waals surface area contributed by atoms with Crippen LogP contribution in [0.4, 0.5) is 5.88 Å². The lowest BCUT2D eigenvalue weighted by Crippen LogP contribution is -2.61. The first kappa shape index (κ1) is 13.9. The van der Waals surface area contributed by atoms with Gasteiger partial charge in [0.1, 0.15) is 12.1 Å². The summed E-state index contributed by atoms with van der Waals surface area (Å²) in [4.78, 5) is 16.2. The van der Waals surface area contributed by atoms with Crippen LogP contribution in [-0.2, 0) is 5.66 Å². The molecule has 3 heterocycles. The maximum atomic E-state index is 11.9. The quantitative estimate of drug-likeness (QED) is 0.758. The monoisotopic (exact) mass is 316 g/mol. The summed E-state index contributed by atoms with van der Waals surface area (Å²) < 4.78 is 10.8. The normalized spacial score (nSPS) is 24.5. The van der Waals surface area contributed by atoms with Gasteiger partial charge in [0.05, 0.1) is 17.3 Å². The zero-order chi connectivity index (χ0) is 16.2. The van der Waals surface area contributed by atoms with Gasteiger partial charge in [-0.2, -0.15) is 0 Å². The number of hydrogen-bond donors (Lipinski definition) is 3. The number of nitrogens with one attached hydrogen (secondary N) is 2. The van der Waals surface area contributed by atoms with Crippen molar-refractivity contribution in [3.8, 4) is 0 Å². The Bertz CT molecular complexity index is 805. The van der Waals surface area contributed by atoms with Crippen LogP contribution < -0.4 is 16.4 Å². The highest BCUT2D eigenvalue weighted by Gasteiger charge is 2.53. The predicted octanol–water partition coefficient (Wildman–Crippen LogP) is 0.758. The number of nitrogens with two attached hydrogens (primary N) is 1. The Labute approximate surface area is 131 Å². The smallest absolute Gasteiger partial charge is 0.252 e. The molecule has 120 valence electrons. The van der Waals surface area contributed by atoms with Crippen LogP contribution in [0, 0.1) is 0 Å². The van der Waals surface area contributed by atoms with Crippen molar-refractivity contribution < 1.29 is 13.7 Å². The Hall–Kier alpha value is -2.68. The average molecular weight is 316 g/mol. The summed E-state index contributed by atoms with van der Waals surface area (Å²) in [6.45, 7) is 3.88. The third-order valence-corrected chi connectivity index (χ3v) is 4.27. The zero-order valence-electron chi connectivity index (χ0n) is 12.7. The maximum Gasteiger partial charge on any atom is 0.252 e. The molecule has 0 aromatic carbocycles. The number of hydrogen-bond acceptors (Lipinski definition) is 8. The number of amidine groups is 1. The lowest BCUT2D eigenvalue weighted by Gasteiger charge is -2.38. The molecule has 9 heteroatoms. The van der Waals surface area contributed by atoms with Crippen LogP contribution in [0.5, 0.6) is 0 Å². The number of rotatable bonds is 4.